The van der Waals surface area contributed by atoms with Gasteiger partial charge in [0, 0.05) is 24.8 Å². The summed E-state index contributed by atoms with van der Waals surface area (Å²) in [6.07, 6.45) is 9.19. The monoisotopic (exact) mass is 207 g/mol. The first kappa shape index (κ1) is 10.7. The lowest BCUT2D eigenvalue weighted by molar-refractivity contribution is 0.416. The average molecular weight is 207 g/mol. The molecule has 0 aromatic carbocycles. The van der Waals surface area contributed by atoms with E-state index in [9.17, 15) is 0 Å². The van der Waals surface area contributed by atoms with Crippen molar-refractivity contribution in [1.82, 2.24) is 9.78 Å². The summed E-state index contributed by atoms with van der Waals surface area (Å²) in [5.74, 6) is 1.57. The van der Waals surface area contributed by atoms with Crippen molar-refractivity contribution < 1.29 is 0 Å². The fraction of sp³-hybridized carbons (Fsp3) is 0.750. The molecular formula is C12H21N3. The van der Waals surface area contributed by atoms with Crippen LogP contribution in [0.2, 0.25) is 0 Å². The molecule has 3 nitrogen and oxygen atoms in total. The Bertz CT molecular complexity index is 318. The number of nitrogens with two attached hydrogens (primary N) is 1. The van der Waals surface area contributed by atoms with Gasteiger partial charge in [0.15, 0.2) is 0 Å². The van der Waals surface area contributed by atoms with Crippen LogP contribution in [0.5, 0.6) is 0 Å². The van der Waals surface area contributed by atoms with Crippen LogP contribution in [0, 0.1) is 11.8 Å². The van der Waals surface area contributed by atoms with E-state index in [0.29, 0.717) is 5.92 Å². The average Bonchev–Trinajstić information content (AvgIpc) is 2.84. The molecule has 0 spiro atoms. The molecule has 15 heavy (non-hydrogen) atoms. The Morgan fingerprint density at radius 3 is 2.93 bits per heavy atom. The molecule has 0 amide bonds. The Balaban J connectivity index is 2.00. The first-order valence-electron chi connectivity index (χ1n) is 5.94. The van der Waals surface area contributed by atoms with E-state index in [-0.39, 0.29) is 6.04 Å². The first-order chi connectivity index (χ1) is 7.20. The molecular weight excluding hydrogens is 186 g/mol. The molecule has 1 aromatic heterocycles. The first-order valence-corrected chi connectivity index (χ1v) is 5.94. The highest BCUT2D eigenvalue weighted by atomic mass is 15.2. The molecule has 1 heterocycles. The van der Waals surface area contributed by atoms with Gasteiger partial charge in [-0.05, 0) is 24.7 Å². The third-order valence-electron chi connectivity index (χ3n) is 3.78. The maximum Gasteiger partial charge on any atom is 0.0537 e. The maximum absolute atomic E-state index is 6.28. The van der Waals surface area contributed by atoms with Gasteiger partial charge in [-0.1, -0.05) is 19.8 Å². The van der Waals surface area contributed by atoms with Crippen LogP contribution in [-0.4, -0.2) is 9.78 Å². The molecule has 1 aromatic rings. The highest BCUT2D eigenvalue weighted by Gasteiger charge is 2.29. The van der Waals surface area contributed by atoms with E-state index in [1.165, 1.54) is 31.2 Å². The Labute approximate surface area is 91.7 Å². The van der Waals surface area contributed by atoms with Gasteiger partial charge in [-0.3, -0.25) is 4.68 Å². The van der Waals surface area contributed by atoms with Gasteiger partial charge >= 0.3 is 0 Å². The number of aromatic nitrogens is 2. The number of rotatable bonds is 3. The van der Waals surface area contributed by atoms with Gasteiger partial charge < -0.3 is 5.73 Å². The Hall–Kier alpha value is -0.830. The second-order valence-electron chi connectivity index (χ2n) is 4.82. The minimum atomic E-state index is 0.190. The summed E-state index contributed by atoms with van der Waals surface area (Å²) >= 11 is 0. The second-order valence-corrected chi connectivity index (χ2v) is 4.82. The quantitative estimate of drug-likeness (QED) is 0.826. The van der Waals surface area contributed by atoms with Crippen LogP contribution in [0.15, 0.2) is 12.4 Å². The molecule has 0 saturated heterocycles. The molecule has 3 unspecified atom stereocenters. The number of aryl methyl sites for hydroxylation is 1. The van der Waals surface area contributed by atoms with Crippen molar-refractivity contribution in [1.29, 1.82) is 0 Å². The predicted octanol–water partition coefficient (Wildman–Crippen LogP) is 2.25. The molecule has 0 bridgehead atoms. The van der Waals surface area contributed by atoms with Crippen LogP contribution in [0.1, 0.15) is 44.2 Å². The third kappa shape index (κ3) is 2.23. The molecule has 1 fully saturated rings. The van der Waals surface area contributed by atoms with Crippen molar-refractivity contribution >= 4 is 0 Å². The second kappa shape index (κ2) is 4.35. The largest absolute Gasteiger partial charge is 0.324 e. The molecule has 2 N–H and O–H groups in total. The van der Waals surface area contributed by atoms with E-state index in [1.807, 2.05) is 24.1 Å². The van der Waals surface area contributed by atoms with Crippen molar-refractivity contribution in [2.45, 2.75) is 38.6 Å². The maximum atomic E-state index is 6.28. The zero-order chi connectivity index (χ0) is 10.8. The summed E-state index contributed by atoms with van der Waals surface area (Å²) in [5, 5.41) is 4.18. The molecule has 84 valence electrons. The standard InChI is InChI=1S/C12H21N3/c1-3-9-4-5-10(6-9)12(13)11-7-14-15(2)8-11/h7-10,12H,3-6,13H2,1-2H3. The zero-order valence-corrected chi connectivity index (χ0v) is 9.69. The molecule has 1 saturated carbocycles. The van der Waals surface area contributed by atoms with Crippen LogP contribution >= 0.6 is 0 Å². The van der Waals surface area contributed by atoms with Gasteiger partial charge in [-0.2, -0.15) is 5.10 Å². The molecule has 0 radical (unpaired) electrons. The molecule has 3 heteroatoms. The van der Waals surface area contributed by atoms with E-state index in [2.05, 4.69) is 12.0 Å². The van der Waals surface area contributed by atoms with Crippen LogP contribution in [0.25, 0.3) is 0 Å². The summed E-state index contributed by atoms with van der Waals surface area (Å²) in [5.41, 5.74) is 7.47. The summed E-state index contributed by atoms with van der Waals surface area (Å²) < 4.78 is 1.83. The third-order valence-corrected chi connectivity index (χ3v) is 3.78. The Morgan fingerprint density at radius 2 is 2.40 bits per heavy atom. The van der Waals surface area contributed by atoms with Gasteiger partial charge in [-0.25, -0.2) is 0 Å². The van der Waals surface area contributed by atoms with E-state index >= 15 is 0 Å². The van der Waals surface area contributed by atoms with Crippen molar-refractivity contribution in [3.05, 3.63) is 18.0 Å². The molecule has 3 atom stereocenters. The summed E-state index contributed by atoms with van der Waals surface area (Å²) in [6.45, 7) is 2.28. The summed E-state index contributed by atoms with van der Waals surface area (Å²) in [6, 6.07) is 0.190. The fourth-order valence-electron chi connectivity index (χ4n) is 2.70. The van der Waals surface area contributed by atoms with Gasteiger partial charge in [0.25, 0.3) is 0 Å². The molecule has 1 aliphatic carbocycles. The highest BCUT2D eigenvalue weighted by Crippen LogP contribution is 2.38. The minimum absolute atomic E-state index is 0.190. The van der Waals surface area contributed by atoms with Crippen molar-refractivity contribution in [2.24, 2.45) is 24.6 Å². The van der Waals surface area contributed by atoms with E-state index in [0.717, 1.165) is 5.92 Å². The lowest BCUT2D eigenvalue weighted by atomic mass is 9.93. The van der Waals surface area contributed by atoms with Crippen molar-refractivity contribution in [3.63, 3.8) is 0 Å². The Morgan fingerprint density at radius 1 is 1.60 bits per heavy atom. The van der Waals surface area contributed by atoms with Crippen LogP contribution in [-0.2, 0) is 7.05 Å². The van der Waals surface area contributed by atoms with Crippen LogP contribution in [0.4, 0.5) is 0 Å². The number of nitrogens with zero attached hydrogens (tertiary/aromatic N) is 2. The summed E-state index contributed by atoms with van der Waals surface area (Å²) in [4.78, 5) is 0. The van der Waals surface area contributed by atoms with Gasteiger partial charge in [0.2, 0.25) is 0 Å². The lowest BCUT2D eigenvalue weighted by Crippen LogP contribution is -2.19. The summed E-state index contributed by atoms with van der Waals surface area (Å²) in [7, 11) is 1.94. The normalized spacial score (nSPS) is 28.2. The topological polar surface area (TPSA) is 43.8 Å². The number of hydrogen-bond acceptors (Lipinski definition) is 2. The van der Waals surface area contributed by atoms with Crippen LogP contribution < -0.4 is 5.73 Å². The minimum Gasteiger partial charge on any atom is -0.324 e. The number of hydrogen-bond donors (Lipinski definition) is 1. The van der Waals surface area contributed by atoms with Crippen LogP contribution in [0.3, 0.4) is 0 Å². The van der Waals surface area contributed by atoms with Crippen molar-refractivity contribution in [2.75, 3.05) is 0 Å². The van der Waals surface area contributed by atoms with Gasteiger partial charge in [-0.15, -0.1) is 0 Å². The van der Waals surface area contributed by atoms with Crippen molar-refractivity contribution in [3.8, 4) is 0 Å². The molecule has 2 rings (SSSR count). The lowest BCUT2D eigenvalue weighted by Gasteiger charge is -2.17. The Kier molecular flexibility index (Phi) is 3.10. The van der Waals surface area contributed by atoms with E-state index < -0.39 is 0 Å². The van der Waals surface area contributed by atoms with Gasteiger partial charge in [0.05, 0.1) is 6.20 Å². The molecule has 0 aliphatic heterocycles. The fourth-order valence-corrected chi connectivity index (χ4v) is 2.70. The predicted molar refractivity (Wildman–Crippen MR) is 61.3 cm³/mol. The zero-order valence-electron chi connectivity index (χ0n) is 9.69. The van der Waals surface area contributed by atoms with Gasteiger partial charge in [0.1, 0.15) is 0 Å². The smallest absolute Gasteiger partial charge is 0.0537 e. The van der Waals surface area contributed by atoms with E-state index in [1.54, 1.807) is 0 Å². The highest BCUT2D eigenvalue weighted by molar-refractivity contribution is 5.11. The molecule has 1 aliphatic rings. The SMILES string of the molecule is CCC1CCC(C(N)c2cnn(C)c2)C1. The van der Waals surface area contributed by atoms with E-state index in [4.69, 9.17) is 5.73 Å².